The van der Waals surface area contributed by atoms with Crippen LogP contribution in [0.3, 0.4) is 0 Å². The van der Waals surface area contributed by atoms with Crippen LogP contribution in [-0.2, 0) is 28.5 Å². The van der Waals surface area contributed by atoms with E-state index in [1.165, 1.54) is 12.1 Å². The largest absolute Gasteiger partial charge is 0.478 e. The van der Waals surface area contributed by atoms with E-state index in [1.54, 1.807) is 12.1 Å². The molecule has 1 rings (SSSR count). The lowest BCUT2D eigenvalue weighted by molar-refractivity contribution is -0.156. The minimum absolute atomic E-state index is 0.204. The molecule has 0 saturated heterocycles. The Morgan fingerprint density at radius 1 is 0.903 bits per heavy atom. The van der Waals surface area contributed by atoms with Gasteiger partial charge in [-0.2, -0.15) is 0 Å². The minimum atomic E-state index is -0.980. The van der Waals surface area contributed by atoms with Gasteiger partial charge < -0.3 is 28.8 Å². The molecule has 0 aromatic heterocycles. The van der Waals surface area contributed by atoms with Crippen molar-refractivity contribution >= 4 is 11.9 Å². The second-order valence-electron chi connectivity index (χ2n) is 7.41. The number of carbonyl (C=O) groups is 2. The van der Waals surface area contributed by atoms with Crippen LogP contribution < -0.4 is 0 Å². The third-order valence-electron chi connectivity index (χ3n) is 3.50. The van der Waals surface area contributed by atoms with Crippen LogP contribution >= 0.6 is 0 Å². The number of rotatable bonds is 14. The molecule has 8 nitrogen and oxygen atoms in total. The minimum Gasteiger partial charge on any atom is -0.478 e. The maximum Gasteiger partial charge on any atom is 0.335 e. The molecule has 1 N–H and O–H groups in total. The molecule has 0 spiro atoms. The van der Waals surface area contributed by atoms with Gasteiger partial charge in [0.2, 0.25) is 0 Å². The summed E-state index contributed by atoms with van der Waals surface area (Å²) in [5.41, 5.74) is 0.357. The molecular weight excluding hydrogens is 404 g/mol. The van der Waals surface area contributed by atoms with Gasteiger partial charge in [-0.25, -0.2) is 4.79 Å². The quantitative estimate of drug-likeness (QED) is 0.270. The Balaban J connectivity index is 1.91. The first kappa shape index (κ1) is 26.6. The number of aromatic carboxylic acids is 1. The Morgan fingerprint density at radius 2 is 1.48 bits per heavy atom. The summed E-state index contributed by atoms with van der Waals surface area (Å²) in [5.74, 6) is 4.44. The monoisotopic (exact) mass is 436 g/mol. The van der Waals surface area contributed by atoms with Gasteiger partial charge in [-0.15, -0.1) is 0 Å². The van der Waals surface area contributed by atoms with Gasteiger partial charge >= 0.3 is 11.9 Å². The van der Waals surface area contributed by atoms with Crippen molar-refractivity contribution in [3.63, 3.8) is 0 Å². The van der Waals surface area contributed by atoms with Crippen molar-refractivity contribution in [3.05, 3.63) is 35.4 Å². The van der Waals surface area contributed by atoms with Crippen molar-refractivity contribution in [2.45, 2.75) is 32.8 Å². The zero-order chi connectivity index (χ0) is 23.0. The zero-order valence-electron chi connectivity index (χ0n) is 18.5. The Bertz CT molecular complexity index is 727. The fourth-order valence-electron chi connectivity index (χ4n) is 2.20. The van der Waals surface area contributed by atoms with E-state index < -0.39 is 11.6 Å². The van der Waals surface area contributed by atoms with E-state index in [9.17, 15) is 9.59 Å². The summed E-state index contributed by atoms with van der Waals surface area (Å²) in [6, 6.07) is 6.43. The number of hydrogen-bond acceptors (Lipinski definition) is 7. The predicted octanol–water partition coefficient (Wildman–Crippen LogP) is 2.53. The first-order valence-corrected chi connectivity index (χ1v) is 10.1. The second-order valence-corrected chi connectivity index (χ2v) is 7.41. The third-order valence-corrected chi connectivity index (χ3v) is 3.50. The number of carboxylic acid groups (broad SMARTS) is 1. The van der Waals surface area contributed by atoms with Crippen LogP contribution in [0.2, 0.25) is 0 Å². The molecule has 1 aromatic rings. The highest BCUT2D eigenvalue weighted by Gasteiger charge is 2.15. The van der Waals surface area contributed by atoms with E-state index in [0.717, 1.165) is 0 Å². The van der Waals surface area contributed by atoms with Crippen LogP contribution in [-0.4, -0.2) is 75.5 Å². The number of carbonyl (C=O) groups excluding carboxylic acids is 1. The molecule has 0 saturated carbocycles. The maximum absolute atomic E-state index is 11.5. The van der Waals surface area contributed by atoms with Gasteiger partial charge in [0, 0.05) is 5.56 Å². The highest BCUT2D eigenvalue weighted by molar-refractivity contribution is 5.88. The van der Waals surface area contributed by atoms with E-state index in [0.29, 0.717) is 51.8 Å². The molecule has 0 bridgehead atoms. The van der Waals surface area contributed by atoms with Crippen molar-refractivity contribution in [1.82, 2.24) is 0 Å². The summed E-state index contributed by atoms with van der Waals surface area (Å²) in [7, 11) is 0. The molecule has 1 aromatic carbocycles. The summed E-state index contributed by atoms with van der Waals surface area (Å²) >= 11 is 0. The smallest absolute Gasteiger partial charge is 0.335 e. The SMILES string of the molecule is CC(C)(C)OC(=O)CCOCCOCCOCCOCC#Cc1cccc(C(=O)O)c1. The van der Waals surface area contributed by atoms with Gasteiger partial charge in [0.1, 0.15) is 12.2 Å². The first-order chi connectivity index (χ1) is 14.8. The van der Waals surface area contributed by atoms with Crippen LogP contribution in [0.25, 0.3) is 0 Å². The van der Waals surface area contributed by atoms with Crippen molar-refractivity contribution in [2.75, 3.05) is 52.9 Å². The standard InChI is InChI=1S/C23H32O8/c1-23(2,3)31-21(24)9-11-28-13-15-30-17-16-29-14-12-27-10-5-7-19-6-4-8-20(18-19)22(25)26/h4,6,8,18H,9-17H2,1-3H3,(H,25,26). The summed E-state index contributed by atoms with van der Waals surface area (Å²) in [5, 5.41) is 8.94. The average Bonchev–Trinajstić information content (AvgIpc) is 2.69. The molecule has 0 fully saturated rings. The Labute approximate surface area is 183 Å². The molecule has 0 atom stereocenters. The number of hydrogen-bond donors (Lipinski definition) is 1. The highest BCUT2D eigenvalue weighted by Crippen LogP contribution is 2.08. The normalized spacial score (nSPS) is 10.9. The fraction of sp³-hybridized carbons (Fsp3) is 0.565. The summed E-state index contributed by atoms with van der Waals surface area (Å²) in [4.78, 5) is 22.4. The van der Waals surface area contributed by atoms with Crippen LogP contribution in [0.15, 0.2) is 24.3 Å². The van der Waals surface area contributed by atoms with E-state index in [4.69, 9.17) is 28.8 Å². The Kier molecular flexibility index (Phi) is 13.2. The van der Waals surface area contributed by atoms with E-state index in [-0.39, 0.29) is 24.6 Å². The Morgan fingerprint density at radius 3 is 2.06 bits per heavy atom. The van der Waals surface area contributed by atoms with Gasteiger partial charge in [-0.3, -0.25) is 4.79 Å². The number of carboxylic acids is 1. The van der Waals surface area contributed by atoms with Crippen LogP contribution in [0.1, 0.15) is 43.1 Å². The van der Waals surface area contributed by atoms with E-state index in [1.807, 2.05) is 20.8 Å². The number of benzene rings is 1. The lowest BCUT2D eigenvalue weighted by atomic mass is 10.1. The zero-order valence-corrected chi connectivity index (χ0v) is 18.5. The van der Waals surface area contributed by atoms with Crippen molar-refractivity contribution in [2.24, 2.45) is 0 Å². The van der Waals surface area contributed by atoms with Crippen LogP contribution in [0, 0.1) is 11.8 Å². The number of ether oxygens (including phenoxy) is 5. The molecule has 0 unspecified atom stereocenters. The molecule has 0 aliphatic rings. The molecular formula is C23H32O8. The van der Waals surface area contributed by atoms with Gasteiger partial charge in [0.25, 0.3) is 0 Å². The Hall–Kier alpha value is -2.44. The van der Waals surface area contributed by atoms with E-state index in [2.05, 4.69) is 11.8 Å². The summed E-state index contributed by atoms with van der Waals surface area (Å²) in [6.07, 6.45) is 0.222. The van der Waals surface area contributed by atoms with Crippen molar-refractivity contribution in [1.29, 1.82) is 0 Å². The predicted molar refractivity (Wildman–Crippen MR) is 114 cm³/mol. The van der Waals surface area contributed by atoms with Crippen molar-refractivity contribution < 1.29 is 38.4 Å². The average molecular weight is 437 g/mol. The molecule has 8 heteroatoms. The van der Waals surface area contributed by atoms with Gasteiger partial charge in [-0.05, 0) is 39.0 Å². The lowest BCUT2D eigenvalue weighted by Gasteiger charge is -2.19. The summed E-state index contributed by atoms with van der Waals surface area (Å²) < 4.78 is 26.6. The van der Waals surface area contributed by atoms with Crippen LogP contribution in [0.5, 0.6) is 0 Å². The van der Waals surface area contributed by atoms with Gasteiger partial charge in [0.05, 0.1) is 58.2 Å². The highest BCUT2D eigenvalue weighted by atomic mass is 16.6. The van der Waals surface area contributed by atoms with E-state index >= 15 is 0 Å². The maximum atomic E-state index is 11.5. The lowest BCUT2D eigenvalue weighted by Crippen LogP contribution is -2.24. The topological polar surface area (TPSA) is 101 Å². The second kappa shape index (κ2) is 15.4. The fourth-order valence-corrected chi connectivity index (χ4v) is 2.20. The molecule has 0 aliphatic heterocycles. The molecule has 31 heavy (non-hydrogen) atoms. The van der Waals surface area contributed by atoms with Gasteiger partial charge in [-0.1, -0.05) is 17.9 Å². The summed E-state index contributed by atoms with van der Waals surface area (Å²) in [6.45, 7) is 8.55. The van der Waals surface area contributed by atoms with Gasteiger partial charge in [0.15, 0.2) is 0 Å². The molecule has 0 heterocycles. The van der Waals surface area contributed by atoms with Crippen molar-refractivity contribution in [3.8, 4) is 11.8 Å². The first-order valence-electron chi connectivity index (χ1n) is 10.1. The molecule has 172 valence electrons. The number of esters is 1. The van der Waals surface area contributed by atoms with Crippen LogP contribution in [0.4, 0.5) is 0 Å². The molecule has 0 amide bonds. The molecule has 0 aliphatic carbocycles. The third kappa shape index (κ3) is 15.1. The molecule has 0 radical (unpaired) electrons.